The van der Waals surface area contributed by atoms with Gasteiger partial charge in [-0.15, -0.1) is 0 Å². The van der Waals surface area contributed by atoms with E-state index in [1.807, 2.05) is 0 Å². The summed E-state index contributed by atoms with van der Waals surface area (Å²) in [6.45, 7) is 3.84. The van der Waals surface area contributed by atoms with Crippen molar-refractivity contribution in [3.8, 4) is 0 Å². The lowest BCUT2D eigenvalue weighted by Gasteiger charge is -2.27. The predicted molar refractivity (Wildman–Crippen MR) is 105 cm³/mol. The topological polar surface area (TPSA) is 87.5 Å². The summed E-state index contributed by atoms with van der Waals surface area (Å²) >= 11 is 0. The summed E-state index contributed by atoms with van der Waals surface area (Å²) in [6, 6.07) is 7.12. The van der Waals surface area contributed by atoms with E-state index in [2.05, 4.69) is 15.5 Å². The molecule has 1 heterocycles. The summed E-state index contributed by atoms with van der Waals surface area (Å²) < 4.78 is 0. The van der Waals surface area contributed by atoms with Crippen molar-refractivity contribution < 1.29 is 9.59 Å². The van der Waals surface area contributed by atoms with E-state index in [4.69, 9.17) is 5.73 Å². The van der Waals surface area contributed by atoms with Crippen LogP contribution in [0.5, 0.6) is 0 Å². The minimum absolute atomic E-state index is 0.00981. The van der Waals surface area contributed by atoms with Crippen LogP contribution in [0.3, 0.4) is 0 Å². The van der Waals surface area contributed by atoms with E-state index in [0.717, 1.165) is 44.6 Å². The number of amides is 2. The zero-order chi connectivity index (χ0) is 18.8. The number of hydrogen-bond acceptors (Lipinski definition) is 4. The van der Waals surface area contributed by atoms with Crippen LogP contribution < -0.4 is 16.4 Å². The van der Waals surface area contributed by atoms with E-state index in [0.29, 0.717) is 23.9 Å². The second-order valence-electron chi connectivity index (χ2n) is 8.31. The molecule has 3 aliphatic rings. The number of likely N-dealkylation sites (tertiary alicyclic amines) is 1. The van der Waals surface area contributed by atoms with Gasteiger partial charge in [-0.3, -0.25) is 9.59 Å². The molecule has 1 aliphatic heterocycles. The van der Waals surface area contributed by atoms with Crippen molar-refractivity contribution in [3.63, 3.8) is 0 Å². The van der Waals surface area contributed by atoms with Gasteiger partial charge in [0.25, 0.3) is 5.91 Å². The first kappa shape index (κ1) is 18.4. The van der Waals surface area contributed by atoms with Crippen LogP contribution in [-0.4, -0.2) is 48.9 Å². The number of carbonyl (C=O) groups is 2. The highest BCUT2D eigenvalue weighted by Gasteiger charge is 2.49. The van der Waals surface area contributed by atoms with Crippen LogP contribution in [0.1, 0.15) is 42.5 Å². The van der Waals surface area contributed by atoms with Crippen molar-refractivity contribution in [2.45, 2.75) is 38.1 Å². The van der Waals surface area contributed by atoms with Gasteiger partial charge in [0, 0.05) is 30.4 Å². The number of anilines is 1. The predicted octanol–water partition coefficient (Wildman–Crippen LogP) is 1.82. The molecule has 4 unspecified atom stereocenters. The molecule has 0 spiro atoms. The number of carbonyl (C=O) groups excluding carboxylic acids is 2. The smallest absolute Gasteiger partial charge is 0.251 e. The molecule has 1 aromatic rings. The molecule has 0 radical (unpaired) electrons. The van der Waals surface area contributed by atoms with Crippen LogP contribution >= 0.6 is 0 Å². The normalized spacial score (nSPS) is 29.8. The van der Waals surface area contributed by atoms with Crippen LogP contribution in [0, 0.1) is 17.8 Å². The molecule has 146 valence electrons. The monoisotopic (exact) mass is 370 g/mol. The van der Waals surface area contributed by atoms with E-state index in [1.54, 1.807) is 24.3 Å². The quantitative estimate of drug-likeness (QED) is 0.713. The highest BCUT2D eigenvalue weighted by atomic mass is 16.2. The van der Waals surface area contributed by atoms with Gasteiger partial charge in [-0.2, -0.15) is 0 Å². The van der Waals surface area contributed by atoms with Crippen LogP contribution in [0.2, 0.25) is 0 Å². The van der Waals surface area contributed by atoms with Crippen molar-refractivity contribution in [1.82, 2.24) is 10.2 Å². The van der Waals surface area contributed by atoms with Gasteiger partial charge in [0.05, 0.1) is 5.92 Å². The molecule has 4 rings (SSSR count). The Hall–Kier alpha value is -1.92. The second-order valence-corrected chi connectivity index (χ2v) is 8.31. The first-order valence-electron chi connectivity index (χ1n) is 10.3. The SMILES string of the molecule is NC1C2CCC(C2)C1C(=O)Nc1ccc(C(=O)NCCN2CCCC2)cc1. The molecule has 1 aromatic carbocycles. The Kier molecular flexibility index (Phi) is 5.45. The number of fused-ring (bicyclic) bond motifs is 2. The third kappa shape index (κ3) is 4.01. The van der Waals surface area contributed by atoms with E-state index in [1.165, 1.54) is 12.8 Å². The third-order valence-corrected chi connectivity index (χ3v) is 6.61. The van der Waals surface area contributed by atoms with Gasteiger partial charge in [-0.1, -0.05) is 0 Å². The van der Waals surface area contributed by atoms with Crippen molar-refractivity contribution >= 4 is 17.5 Å². The van der Waals surface area contributed by atoms with Crippen molar-refractivity contribution in [1.29, 1.82) is 0 Å². The summed E-state index contributed by atoms with van der Waals surface area (Å²) in [4.78, 5) is 27.3. The van der Waals surface area contributed by atoms with Gasteiger partial charge in [0.2, 0.25) is 5.91 Å². The fourth-order valence-corrected chi connectivity index (χ4v) is 5.09. The van der Waals surface area contributed by atoms with Gasteiger partial charge in [-0.25, -0.2) is 0 Å². The lowest BCUT2D eigenvalue weighted by molar-refractivity contribution is -0.121. The Morgan fingerprint density at radius 1 is 1.07 bits per heavy atom. The standard InChI is InChI=1S/C21H30N4O2/c22-19-16-4-3-15(13-16)18(19)21(27)24-17-7-5-14(6-8-17)20(26)23-9-12-25-10-1-2-11-25/h5-8,15-16,18-19H,1-4,9-13,22H2,(H,23,26)(H,24,27). The van der Waals surface area contributed by atoms with Crippen LogP contribution in [0.25, 0.3) is 0 Å². The molecule has 3 fully saturated rings. The number of rotatable bonds is 6. The molecule has 1 saturated heterocycles. The number of nitrogens with zero attached hydrogens (tertiary/aromatic N) is 1. The zero-order valence-electron chi connectivity index (χ0n) is 15.8. The largest absolute Gasteiger partial charge is 0.351 e. The highest BCUT2D eigenvalue weighted by Crippen LogP contribution is 2.47. The molecule has 2 amide bonds. The van der Waals surface area contributed by atoms with E-state index in [-0.39, 0.29) is 23.8 Å². The first-order valence-corrected chi connectivity index (χ1v) is 10.3. The molecule has 6 heteroatoms. The maximum Gasteiger partial charge on any atom is 0.251 e. The van der Waals surface area contributed by atoms with Crippen molar-refractivity contribution in [2.24, 2.45) is 23.5 Å². The fraction of sp³-hybridized carbons (Fsp3) is 0.619. The van der Waals surface area contributed by atoms with Crippen LogP contribution in [0.15, 0.2) is 24.3 Å². The number of benzene rings is 1. The van der Waals surface area contributed by atoms with Gasteiger partial charge >= 0.3 is 0 Å². The molecule has 2 bridgehead atoms. The summed E-state index contributed by atoms with van der Waals surface area (Å²) in [6.07, 6.45) is 5.89. The Balaban J connectivity index is 1.27. The van der Waals surface area contributed by atoms with E-state index < -0.39 is 0 Å². The van der Waals surface area contributed by atoms with Gasteiger partial charge in [0.15, 0.2) is 0 Å². The lowest BCUT2D eigenvalue weighted by Crippen LogP contribution is -2.42. The third-order valence-electron chi connectivity index (χ3n) is 6.61. The number of nitrogens with one attached hydrogen (secondary N) is 2. The second kappa shape index (κ2) is 7.98. The minimum Gasteiger partial charge on any atom is -0.351 e. The maximum absolute atomic E-state index is 12.6. The van der Waals surface area contributed by atoms with Crippen molar-refractivity contribution in [3.05, 3.63) is 29.8 Å². The first-order chi connectivity index (χ1) is 13.1. The Morgan fingerprint density at radius 3 is 2.44 bits per heavy atom. The Labute approximate surface area is 160 Å². The van der Waals surface area contributed by atoms with Gasteiger partial charge in [0.1, 0.15) is 0 Å². The summed E-state index contributed by atoms with van der Waals surface area (Å²) in [5, 5.41) is 5.96. The molecule has 2 saturated carbocycles. The van der Waals surface area contributed by atoms with Crippen molar-refractivity contribution in [2.75, 3.05) is 31.5 Å². The number of nitrogens with two attached hydrogens (primary N) is 1. The molecule has 27 heavy (non-hydrogen) atoms. The molecule has 0 aromatic heterocycles. The molecule has 4 N–H and O–H groups in total. The zero-order valence-corrected chi connectivity index (χ0v) is 15.8. The summed E-state index contributed by atoms with van der Waals surface area (Å²) in [7, 11) is 0. The van der Waals surface area contributed by atoms with E-state index in [9.17, 15) is 9.59 Å². The molecule has 4 atom stereocenters. The molecular formula is C21H30N4O2. The highest BCUT2D eigenvalue weighted by molar-refractivity contribution is 5.96. The van der Waals surface area contributed by atoms with Gasteiger partial charge in [-0.05, 0) is 81.3 Å². The fourth-order valence-electron chi connectivity index (χ4n) is 5.09. The Morgan fingerprint density at radius 2 is 1.78 bits per heavy atom. The molecule has 6 nitrogen and oxygen atoms in total. The van der Waals surface area contributed by atoms with E-state index >= 15 is 0 Å². The summed E-state index contributed by atoms with van der Waals surface area (Å²) in [5.74, 6) is 0.833. The molecular weight excluding hydrogens is 340 g/mol. The average molecular weight is 370 g/mol. The molecule has 2 aliphatic carbocycles. The average Bonchev–Trinajstić information content (AvgIpc) is 3.39. The van der Waals surface area contributed by atoms with Gasteiger partial charge < -0.3 is 21.3 Å². The van der Waals surface area contributed by atoms with Crippen LogP contribution in [-0.2, 0) is 4.79 Å². The summed E-state index contributed by atoms with van der Waals surface area (Å²) in [5.41, 5.74) is 7.60. The maximum atomic E-state index is 12.6. The van der Waals surface area contributed by atoms with Crippen LogP contribution in [0.4, 0.5) is 5.69 Å². The Bertz CT molecular complexity index is 682. The minimum atomic E-state index is -0.0719. The lowest BCUT2D eigenvalue weighted by atomic mass is 9.84. The number of hydrogen-bond donors (Lipinski definition) is 3.